The molecule has 92 valence electrons. The van der Waals surface area contributed by atoms with E-state index in [-0.39, 0.29) is 5.41 Å². The maximum atomic E-state index is 9.38. The van der Waals surface area contributed by atoms with Gasteiger partial charge in [-0.05, 0) is 42.9 Å². The molecule has 0 heterocycles. The molecule has 15 heavy (non-hydrogen) atoms. The summed E-state index contributed by atoms with van der Waals surface area (Å²) in [6.45, 7) is 11.3. The number of hydrogen-bond donors (Lipinski definition) is 1. The van der Waals surface area contributed by atoms with Crippen LogP contribution in [0.5, 0.6) is 0 Å². The maximum Gasteiger partial charge on any atom is 0.0487 e. The number of aliphatic hydroxyl groups excluding tert-OH is 1. The second-order valence-corrected chi connectivity index (χ2v) is 5.18. The van der Waals surface area contributed by atoms with Crippen molar-refractivity contribution >= 4 is 0 Å². The highest BCUT2D eigenvalue weighted by atomic mass is 16.3. The van der Waals surface area contributed by atoms with Crippen LogP contribution in [0.3, 0.4) is 0 Å². The molecule has 0 spiro atoms. The Bertz CT molecular complexity index is 149. The highest BCUT2D eigenvalue weighted by molar-refractivity contribution is 4.89. The summed E-state index contributed by atoms with van der Waals surface area (Å²) in [5, 5.41) is 9.38. The Hall–Kier alpha value is -0.0400. The summed E-state index contributed by atoms with van der Waals surface area (Å²) in [5.74, 6) is 0. The summed E-state index contributed by atoms with van der Waals surface area (Å²) in [6.07, 6.45) is 7.49. The summed E-state index contributed by atoms with van der Waals surface area (Å²) in [7, 11) is 0. The minimum Gasteiger partial charge on any atom is -0.396 e. The largest absolute Gasteiger partial charge is 0.396 e. The summed E-state index contributed by atoms with van der Waals surface area (Å²) < 4.78 is 0. The molecule has 1 rings (SSSR count). The van der Waals surface area contributed by atoms with Gasteiger partial charge in [0.2, 0.25) is 0 Å². The molecule has 1 fully saturated rings. The minimum atomic E-state index is 0.272. The minimum absolute atomic E-state index is 0.272. The standard InChI is InChI=1S/C12H24O.C2H6/c1-4-11(3)6-8-12(5-2,10-13)9-7-11;1-2/h13H,4-10H2,1-3H3;1-2H3. The first-order valence-electron chi connectivity index (χ1n) is 6.71. The lowest BCUT2D eigenvalue weighted by molar-refractivity contribution is 0.0292. The molecule has 0 bridgehead atoms. The lowest BCUT2D eigenvalue weighted by atomic mass is 9.63. The van der Waals surface area contributed by atoms with E-state index < -0.39 is 0 Å². The van der Waals surface area contributed by atoms with Crippen LogP contribution >= 0.6 is 0 Å². The van der Waals surface area contributed by atoms with Gasteiger partial charge >= 0.3 is 0 Å². The fraction of sp³-hybridized carbons (Fsp3) is 1.00. The summed E-state index contributed by atoms with van der Waals surface area (Å²) in [4.78, 5) is 0. The SMILES string of the molecule is CC.CCC1(C)CCC(CC)(CO)CC1. The zero-order chi connectivity index (χ0) is 11.9. The van der Waals surface area contributed by atoms with E-state index in [1.807, 2.05) is 13.8 Å². The third-order valence-electron chi connectivity index (χ3n) is 4.46. The van der Waals surface area contributed by atoms with E-state index in [0.717, 1.165) is 6.42 Å². The van der Waals surface area contributed by atoms with Gasteiger partial charge in [-0.25, -0.2) is 0 Å². The van der Waals surface area contributed by atoms with Gasteiger partial charge in [-0.2, -0.15) is 0 Å². The van der Waals surface area contributed by atoms with Crippen LogP contribution < -0.4 is 0 Å². The highest BCUT2D eigenvalue weighted by Crippen LogP contribution is 2.48. The van der Waals surface area contributed by atoms with Crippen LogP contribution in [0.4, 0.5) is 0 Å². The molecule has 0 aromatic carbocycles. The molecule has 1 N–H and O–H groups in total. The van der Waals surface area contributed by atoms with Crippen molar-refractivity contribution in [3.8, 4) is 0 Å². The fourth-order valence-corrected chi connectivity index (χ4v) is 2.36. The van der Waals surface area contributed by atoms with Crippen LogP contribution in [0.1, 0.15) is 73.1 Å². The predicted molar refractivity (Wildman–Crippen MR) is 68.0 cm³/mol. The lowest BCUT2D eigenvalue weighted by Gasteiger charge is -2.43. The van der Waals surface area contributed by atoms with E-state index in [1.165, 1.54) is 32.1 Å². The summed E-state index contributed by atoms with van der Waals surface area (Å²) >= 11 is 0. The van der Waals surface area contributed by atoms with Crippen molar-refractivity contribution < 1.29 is 5.11 Å². The van der Waals surface area contributed by atoms with E-state index >= 15 is 0 Å². The molecule has 0 aromatic rings. The molecule has 0 radical (unpaired) electrons. The van der Waals surface area contributed by atoms with Crippen molar-refractivity contribution in [2.45, 2.75) is 73.1 Å². The Kier molecular flexibility index (Phi) is 6.51. The second kappa shape index (κ2) is 6.52. The molecule has 1 heteroatoms. The van der Waals surface area contributed by atoms with Gasteiger partial charge in [-0.3, -0.25) is 0 Å². The molecule has 0 aliphatic heterocycles. The smallest absolute Gasteiger partial charge is 0.0487 e. The molecular formula is C14H30O. The third kappa shape index (κ3) is 3.79. The lowest BCUT2D eigenvalue weighted by Crippen LogP contribution is -2.34. The molecular weight excluding hydrogens is 184 g/mol. The van der Waals surface area contributed by atoms with Crippen LogP contribution in [0, 0.1) is 10.8 Å². The Morgan fingerprint density at radius 2 is 1.40 bits per heavy atom. The zero-order valence-corrected chi connectivity index (χ0v) is 11.4. The van der Waals surface area contributed by atoms with Gasteiger partial charge in [-0.1, -0.05) is 41.0 Å². The molecule has 0 atom stereocenters. The van der Waals surface area contributed by atoms with Gasteiger partial charge in [0, 0.05) is 6.61 Å². The van der Waals surface area contributed by atoms with Gasteiger partial charge in [0.25, 0.3) is 0 Å². The highest BCUT2D eigenvalue weighted by Gasteiger charge is 2.37. The Morgan fingerprint density at radius 3 is 1.67 bits per heavy atom. The number of aliphatic hydroxyl groups is 1. The van der Waals surface area contributed by atoms with E-state index in [4.69, 9.17) is 0 Å². The average Bonchev–Trinajstić information content (AvgIpc) is 2.33. The third-order valence-corrected chi connectivity index (χ3v) is 4.46. The van der Waals surface area contributed by atoms with Crippen LogP contribution in [-0.4, -0.2) is 11.7 Å². The zero-order valence-electron chi connectivity index (χ0n) is 11.4. The molecule has 1 saturated carbocycles. The van der Waals surface area contributed by atoms with Crippen molar-refractivity contribution in [3.63, 3.8) is 0 Å². The van der Waals surface area contributed by atoms with Crippen LogP contribution in [0.15, 0.2) is 0 Å². The first-order chi connectivity index (χ1) is 7.10. The summed E-state index contributed by atoms with van der Waals surface area (Å²) in [5.41, 5.74) is 0.836. The fourth-order valence-electron chi connectivity index (χ4n) is 2.36. The normalized spacial score (nSPS) is 35.6. The first kappa shape index (κ1) is 15.0. The number of rotatable bonds is 3. The Labute approximate surface area is 96.3 Å². The average molecular weight is 214 g/mol. The van der Waals surface area contributed by atoms with E-state index in [1.54, 1.807) is 0 Å². The summed E-state index contributed by atoms with van der Waals surface area (Å²) in [6, 6.07) is 0. The molecule has 0 aromatic heterocycles. The maximum absolute atomic E-state index is 9.38. The van der Waals surface area contributed by atoms with Crippen molar-refractivity contribution in [2.24, 2.45) is 10.8 Å². The molecule has 0 unspecified atom stereocenters. The quantitative estimate of drug-likeness (QED) is 0.738. The van der Waals surface area contributed by atoms with E-state index in [9.17, 15) is 5.11 Å². The molecule has 0 amide bonds. The molecule has 1 aliphatic rings. The van der Waals surface area contributed by atoms with Gasteiger partial charge < -0.3 is 5.11 Å². The van der Waals surface area contributed by atoms with Gasteiger partial charge in [0.05, 0.1) is 0 Å². The molecule has 0 saturated heterocycles. The van der Waals surface area contributed by atoms with Crippen molar-refractivity contribution in [3.05, 3.63) is 0 Å². The molecule has 1 aliphatic carbocycles. The Morgan fingerprint density at radius 1 is 0.933 bits per heavy atom. The van der Waals surface area contributed by atoms with E-state index in [2.05, 4.69) is 20.8 Å². The first-order valence-corrected chi connectivity index (χ1v) is 6.71. The van der Waals surface area contributed by atoms with Gasteiger partial charge in [0.15, 0.2) is 0 Å². The van der Waals surface area contributed by atoms with Crippen LogP contribution in [0.2, 0.25) is 0 Å². The second-order valence-electron chi connectivity index (χ2n) is 5.18. The topological polar surface area (TPSA) is 20.2 Å². The monoisotopic (exact) mass is 214 g/mol. The van der Waals surface area contributed by atoms with Crippen molar-refractivity contribution in [1.82, 2.24) is 0 Å². The van der Waals surface area contributed by atoms with E-state index in [0.29, 0.717) is 12.0 Å². The molecule has 1 nitrogen and oxygen atoms in total. The van der Waals surface area contributed by atoms with Crippen molar-refractivity contribution in [2.75, 3.05) is 6.61 Å². The van der Waals surface area contributed by atoms with Crippen LogP contribution in [-0.2, 0) is 0 Å². The van der Waals surface area contributed by atoms with Gasteiger partial charge in [0.1, 0.15) is 0 Å². The van der Waals surface area contributed by atoms with Crippen LogP contribution in [0.25, 0.3) is 0 Å². The predicted octanol–water partition coefficient (Wildman–Crippen LogP) is 4.39. The number of hydrogen-bond acceptors (Lipinski definition) is 1. The van der Waals surface area contributed by atoms with Gasteiger partial charge in [-0.15, -0.1) is 0 Å². The van der Waals surface area contributed by atoms with Crippen molar-refractivity contribution in [1.29, 1.82) is 0 Å². The Balaban J connectivity index is 0.000000921.